The summed E-state index contributed by atoms with van der Waals surface area (Å²) in [5.74, 6) is -2.09. The first-order valence-corrected chi connectivity index (χ1v) is 13.2. The van der Waals surface area contributed by atoms with Gasteiger partial charge in [-0.25, -0.2) is 18.5 Å². The van der Waals surface area contributed by atoms with Crippen molar-refractivity contribution in [1.82, 2.24) is 4.98 Å². The van der Waals surface area contributed by atoms with Crippen LogP contribution in [0.15, 0.2) is 60.7 Å². The monoisotopic (exact) mass is 547 g/mol. The fourth-order valence-electron chi connectivity index (χ4n) is 5.10. The van der Waals surface area contributed by atoms with Gasteiger partial charge in [0, 0.05) is 30.2 Å². The Morgan fingerprint density at radius 2 is 1.80 bits per heavy atom. The van der Waals surface area contributed by atoms with Crippen molar-refractivity contribution >= 4 is 11.8 Å². The van der Waals surface area contributed by atoms with E-state index in [4.69, 9.17) is 4.74 Å². The number of hydrogen-bond donors (Lipinski definition) is 3. The molecule has 0 saturated heterocycles. The average molecular weight is 548 g/mol. The molecule has 4 aromatic rings. The van der Waals surface area contributed by atoms with Gasteiger partial charge in [-0.15, -0.1) is 0 Å². The molecular formula is C32H35F2N3O3. The number of aliphatic hydroxyl groups is 1. The Labute approximate surface area is 233 Å². The molecule has 0 radical (unpaired) electrons. The number of imidazole rings is 1. The predicted octanol–water partition coefficient (Wildman–Crippen LogP) is 7.55. The minimum atomic E-state index is -2.99. The van der Waals surface area contributed by atoms with Gasteiger partial charge in [-0.3, -0.25) is 0 Å². The maximum atomic E-state index is 14.2. The number of hydrogen-bond acceptors (Lipinski definition) is 4. The van der Waals surface area contributed by atoms with Crippen LogP contribution < -0.4 is 14.8 Å². The van der Waals surface area contributed by atoms with E-state index < -0.39 is 12.2 Å². The number of aromatic nitrogens is 2. The van der Waals surface area contributed by atoms with Crippen molar-refractivity contribution in [2.24, 2.45) is 0 Å². The zero-order chi connectivity index (χ0) is 29.2. The Balaban J connectivity index is 1.72. The number of nitrogens with one attached hydrogen (secondary N) is 2. The zero-order valence-electron chi connectivity index (χ0n) is 23.6. The molecule has 210 valence electrons. The van der Waals surface area contributed by atoms with Gasteiger partial charge in [0.25, 0.3) is 11.7 Å². The lowest BCUT2D eigenvalue weighted by atomic mass is 9.91. The van der Waals surface area contributed by atoms with Crippen molar-refractivity contribution in [3.8, 4) is 28.3 Å². The molecule has 40 heavy (non-hydrogen) atoms. The molecule has 1 heterocycles. The summed E-state index contributed by atoms with van der Waals surface area (Å²) in [4.78, 5) is 3.09. The molecule has 4 rings (SSSR count). The predicted molar refractivity (Wildman–Crippen MR) is 155 cm³/mol. The molecule has 0 bridgehead atoms. The number of halogens is 2. The van der Waals surface area contributed by atoms with Crippen LogP contribution in [0.4, 0.5) is 14.5 Å². The summed E-state index contributed by atoms with van der Waals surface area (Å²) in [6.07, 6.45) is 2.26. The molecule has 1 unspecified atom stereocenters. The van der Waals surface area contributed by atoms with Crippen LogP contribution in [-0.2, 0) is 5.92 Å². The van der Waals surface area contributed by atoms with Crippen molar-refractivity contribution in [3.63, 3.8) is 0 Å². The number of ether oxygens (including phenoxy) is 1. The van der Waals surface area contributed by atoms with E-state index in [1.165, 1.54) is 25.1 Å². The number of aromatic amines is 1. The third-order valence-corrected chi connectivity index (χ3v) is 7.06. The highest BCUT2D eigenvalue weighted by atomic mass is 19.3. The van der Waals surface area contributed by atoms with Crippen LogP contribution in [0.5, 0.6) is 5.75 Å². The molecule has 3 aromatic carbocycles. The van der Waals surface area contributed by atoms with E-state index in [0.29, 0.717) is 21.7 Å². The summed E-state index contributed by atoms with van der Waals surface area (Å²) in [6.45, 7) is 9.15. The first-order valence-electron chi connectivity index (χ1n) is 13.2. The fourth-order valence-corrected chi connectivity index (χ4v) is 5.10. The maximum absolute atomic E-state index is 14.2. The second-order valence-corrected chi connectivity index (χ2v) is 9.91. The van der Waals surface area contributed by atoms with E-state index in [9.17, 15) is 19.1 Å². The van der Waals surface area contributed by atoms with Crippen molar-refractivity contribution in [2.75, 3.05) is 12.4 Å². The number of nitrogens with zero attached hydrogens (tertiary/aromatic N) is 1. The van der Waals surface area contributed by atoms with Crippen molar-refractivity contribution < 1.29 is 23.4 Å². The van der Waals surface area contributed by atoms with Crippen LogP contribution in [0.25, 0.3) is 28.6 Å². The van der Waals surface area contributed by atoms with Gasteiger partial charge in [0.2, 0.25) is 0 Å². The summed E-state index contributed by atoms with van der Waals surface area (Å²) < 4.78 is 34.7. The van der Waals surface area contributed by atoms with Gasteiger partial charge in [-0.05, 0) is 73.4 Å². The zero-order valence-corrected chi connectivity index (χ0v) is 23.6. The van der Waals surface area contributed by atoms with Crippen molar-refractivity contribution in [3.05, 3.63) is 99.5 Å². The second-order valence-electron chi connectivity index (χ2n) is 9.91. The number of anilines is 1. The molecule has 8 heteroatoms. The second kappa shape index (κ2) is 11.5. The van der Waals surface area contributed by atoms with Crippen LogP contribution in [0.2, 0.25) is 0 Å². The quantitative estimate of drug-likeness (QED) is 0.115. The lowest BCUT2D eigenvalue weighted by molar-refractivity contribution is -0.604. The Kier molecular flexibility index (Phi) is 8.30. The number of H-pyrrole nitrogens is 1. The summed E-state index contributed by atoms with van der Waals surface area (Å²) in [7, 11) is 1.61. The van der Waals surface area contributed by atoms with E-state index in [1.54, 1.807) is 26.2 Å². The number of aliphatic hydroxyl groups excluding tert-OH is 1. The minimum Gasteiger partial charge on any atom is -0.710 e. The van der Waals surface area contributed by atoms with Gasteiger partial charge < -0.3 is 20.4 Å². The summed E-state index contributed by atoms with van der Waals surface area (Å²) in [6, 6.07) is 15.4. The van der Waals surface area contributed by atoms with E-state index in [0.717, 1.165) is 27.8 Å². The maximum Gasteiger partial charge on any atom is 0.290 e. The molecule has 3 N–H and O–H groups in total. The van der Waals surface area contributed by atoms with Crippen LogP contribution >= 0.6 is 0 Å². The van der Waals surface area contributed by atoms with Crippen LogP contribution in [0.3, 0.4) is 0 Å². The average Bonchev–Trinajstić information content (AvgIpc) is 3.22. The standard InChI is InChI=1S/C32H35F2N3O3/c1-7-10-22-15-19(3)28(20(4)16-22)26-17-23(13-14-27(26)40-6)30-35-21(5)29(37(30)39)31(38)36-25-12-9-11-24(18-25)32(33,34)8-2/h7,9-18,31,35-36,38H,8H2,1-6H3/b10-7+. The smallest absolute Gasteiger partial charge is 0.290 e. The topological polar surface area (TPSA) is 84.2 Å². The summed E-state index contributed by atoms with van der Waals surface area (Å²) in [5, 5.41) is 27.2. The third kappa shape index (κ3) is 5.58. The van der Waals surface area contributed by atoms with Gasteiger partial charge in [-0.1, -0.05) is 43.3 Å². The lowest BCUT2D eigenvalue weighted by Crippen LogP contribution is -2.35. The van der Waals surface area contributed by atoms with E-state index in [1.807, 2.05) is 45.1 Å². The molecule has 0 fully saturated rings. The van der Waals surface area contributed by atoms with Gasteiger partial charge in [-0.2, -0.15) is 0 Å². The molecule has 0 saturated carbocycles. The molecule has 0 aliphatic carbocycles. The first-order chi connectivity index (χ1) is 19.0. The van der Waals surface area contributed by atoms with Crippen LogP contribution in [-0.4, -0.2) is 17.2 Å². The largest absolute Gasteiger partial charge is 0.710 e. The number of rotatable bonds is 9. The fraction of sp³-hybridized carbons (Fsp3) is 0.281. The van der Waals surface area contributed by atoms with Crippen molar-refractivity contribution in [2.45, 2.75) is 53.2 Å². The molecule has 1 aromatic heterocycles. The number of methoxy groups -OCH3 is 1. The highest BCUT2D eigenvalue weighted by molar-refractivity contribution is 5.81. The van der Waals surface area contributed by atoms with Gasteiger partial charge in [0.05, 0.1) is 12.7 Å². The highest BCUT2D eigenvalue weighted by Crippen LogP contribution is 2.38. The van der Waals surface area contributed by atoms with Gasteiger partial charge >= 0.3 is 0 Å². The molecule has 1 atom stereocenters. The Morgan fingerprint density at radius 3 is 2.42 bits per heavy atom. The van der Waals surface area contributed by atoms with E-state index in [-0.39, 0.29) is 29.2 Å². The first kappa shape index (κ1) is 28.8. The summed E-state index contributed by atoms with van der Waals surface area (Å²) >= 11 is 0. The van der Waals surface area contributed by atoms with Gasteiger partial charge in [0.1, 0.15) is 11.4 Å². The Morgan fingerprint density at radius 1 is 1.10 bits per heavy atom. The Bertz CT molecular complexity index is 1540. The third-order valence-electron chi connectivity index (χ3n) is 7.06. The summed E-state index contributed by atoms with van der Waals surface area (Å²) in [5.41, 5.74) is 6.29. The van der Waals surface area contributed by atoms with Crippen molar-refractivity contribution in [1.29, 1.82) is 0 Å². The Hall–Kier alpha value is -4.17. The normalized spacial score (nSPS) is 12.6. The SMILES string of the molecule is C/C=C/c1cc(C)c(-c2cc(-c3[nH]c(C)c(C(O)Nc4cccc(C(F)(F)CC)c4)[n+]3[O-])ccc2OC)c(C)c1. The highest BCUT2D eigenvalue weighted by Gasteiger charge is 2.30. The van der Waals surface area contributed by atoms with E-state index >= 15 is 0 Å². The number of benzene rings is 3. The lowest BCUT2D eigenvalue weighted by Gasteiger charge is -2.18. The van der Waals surface area contributed by atoms with Crippen LogP contribution in [0.1, 0.15) is 60.1 Å². The number of aryl methyl sites for hydroxylation is 3. The molecule has 0 aliphatic heterocycles. The molecule has 0 spiro atoms. The van der Waals surface area contributed by atoms with Gasteiger partial charge in [0.15, 0.2) is 11.9 Å². The molecule has 0 aliphatic rings. The number of allylic oxidation sites excluding steroid dienone is 1. The number of alkyl halides is 2. The van der Waals surface area contributed by atoms with Crippen LogP contribution in [0, 0.1) is 26.0 Å². The molecule has 6 nitrogen and oxygen atoms in total. The molecule has 0 amide bonds. The van der Waals surface area contributed by atoms with E-state index in [2.05, 4.69) is 22.4 Å². The molecular weight excluding hydrogens is 512 g/mol. The minimum absolute atomic E-state index is 0.0445.